The van der Waals surface area contributed by atoms with Gasteiger partial charge in [-0.25, -0.2) is 0 Å². The van der Waals surface area contributed by atoms with Crippen LogP contribution in [0.3, 0.4) is 0 Å². The van der Waals surface area contributed by atoms with Crippen molar-refractivity contribution in [3.8, 4) is 6.07 Å². The first-order valence-electron chi connectivity index (χ1n) is 7.03. The molecule has 0 atom stereocenters. The summed E-state index contributed by atoms with van der Waals surface area (Å²) in [7, 11) is 0. The molecule has 0 bridgehead atoms. The van der Waals surface area contributed by atoms with Crippen LogP contribution in [0.15, 0.2) is 66.7 Å². The number of hydrogen-bond acceptors (Lipinski definition) is 2. The van der Waals surface area contributed by atoms with E-state index >= 15 is 0 Å². The van der Waals surface area contributed by atoms with E-state index in [1.54, 1.807) is 0 Å². The molecule has 0 spiro atoms. The Morgan fingerprint density at radius 2 is 1.67 bits per heavy atom. The summed E-state index contributed by atoms with van der Waals surface area (Å²) in [5.41, 5.74) is 3.38. The van der Waals surface area contributed by atoms with Crippen LogP contribution in [0.4, 0.5) is 5.69 Å². The van der Waals surface area contributed by atoms with Crippen LogP contribution in [0.5, 0.6) is 0 Å². The molecule has 102 valence electrons. The molecule has 0 heterocycles. The van der Waals surface area contributed by atoms with Gasteiger partial charge in [0, 0.05) is 12.2 Å². The van der Waals surface area contributed by atoms with Gasteiger partial charge >= 0.3 is 0 Å². The van der Waals surface area contributed by atoms with E-state index in [9.17, 15) is 0 Å². The maximum absolute atomic E-state index is 9.01. The zero-order valence-corrected chi connectivity index (χ0v) is 11.7. The fraction of sp³-hybridized carbons (Fsp3) is 0.105. The maximum Gasteiger partial charge on any atom is 0.0669 e. The predicted molar refractivity (Wildman–Crippen MR) is 87.0 cm³/mol. The average molecular weight is 272 g/mol. The molecular weight excluding hydrogens is 256 g/mol. The highest BCUT2D eigenvalue weighted by Gasteiger charge is 2.04. The van der Waals surface area contributed by atoms with Crippen LogP contribution in [-0.4, -0.2) is 0 Å². The summed E-state index contributed by atoms with van der Waals surface area (Å²) >= 11 is 0. The third-order valence-electron chi connectivity index (χ3n) is 3.56. The maximum atomic E-state index is 9.01. The van der Waals surface area contributed by atoms with Crippen LogP contribution >= 0.6 is 0 Å². The van der Waals surface area contributed by atoms with Gasteiger partial charge in [0.25, 0.3) is 0 Å². The fourth-order valence-electron chi connectivity index (χ4n) is 2.52. The van der Waals surface area contributed by atoms with Gasteiger partial charge < -0.3 is 5.32 Å². The summed E-state index contributed by atoms with van der Waals surface area (Å²) in [5.74, 6) is 0. The standard InChI is InChI=1S/C19H16N2/c20-11-10-17-13-18(12-16-8-4-5-9-19(16)17)21-14-15-6-2-1-3-7-15/h1-9,12-13,21H,10,14H2. The highest BCUT2D eigenvalue weighted by Crippen LogP contribution is 2.24. The largest absolute Gasteiger partial charge is 0.381 e. The minimum absolute atomic E-state index is 0.432. The molecule has 2 nitrogen and oxygen atoms in total. The van der Waals surface area contributed by atoms with Crippen molar-refractivity contribution in [3.05, 3.63) is 77.9 Å². The van der Waals surface area contributed by atoms with Crippen LogP contribution in [-0.2, 0) is 13.0 Å². The van der Waals surface area contributed by atoms with Crippen molar-refractivity contribution in [3.63, 3.8) is 0 Å². The lowest BCUT2D eigenvalue weighted by molar-refractivity contribution is 1.15. The SMILES string of the molecule is N#CCc1cc(NCc2ccccc2)cc2ccccc12. The Balaban J connectivity index is 1.90. The van der Waals surface area contributed by atoms with Gasteiger partial charge in [-0.15, -0.1) is 0 Å². The molecule has 0 aromatic heterocycles. The number of benzene rings is 3. The third-order valence-corrected chi connectivity index (χ3v) is 3.56. The Morgan fingerprint density at radius 3 is 2.48 bits per heavy atom. The fourth-order valence-corrected chi connectivity index (χ4v) is 2.52. The van der Waals surface area contributed by atoms with Gasteiger partial charge in [-0.2, -0.15) is 5.26 Å². The molecule has 0 radical (unpaired) electrons. The first-order valence-corrected chi connectivity index (χ1v) is 7.03. The number of fused-ring (bicyclic) bond motifs is 1. The number of anilines is 1. The summed E-state index contributed by atoms with van der Waals surface area (Å²) in [6.45, 7) is 0.783. The molecule has 0 saturated heterocycles. The van der Waals surface area contributed by atoms with Gasteiger partial charge in [0.2, 0.25) is 0 Å². The van der Waals surface area contributed by atoms with E-state index in [-0.39, 0.29) is 0 Å². The zero-order valence-electron chi connectivity index (χ0n) is 11.7. The average Bonchev–Trinajstić information content (AvgIpc) is 2.54. The van der Waals surface area contributed by atoms with Gasteiger partial charge in [-0.3, -0.25) is 0 Å². The van der Waals surface area contributed by atoms with Crippen molar-refractivity contribution in [2.24, 2.45) is 0 Å². The summed E-state index contributed by atoms with van der Waals surface area (Å²) in [4.78, 5) is 0. The van der Waals surface area contributed by atoms with E-state index < -0.39 is 0 Å². The molecule has 2 heteroatoms. The topological polar surface area (TPSA) is 35.8 Å². The number of nitriles is 1. The van der Waals surface area contributed by atoms with Gasteiger partial charge in [-0.1, -0.05) is 54.6 Å². The van der Waals surface area contributed by atoms with Gasteiger partial charge in [0.05, 0.1) is 12.5 Å². The summed E-state index contributed by atoms with van der Waals surface area (Å²) in [6.07, 6.45) is 0.432. The Bertz CT molecular complexity index is 786. The van der Waals surface area contributed by atoms with Crippen molar-refractivity contribution in [2.75, 3.05) is 5.32 Å². The predicted octanol–water partition coefficient (Wildman–Crippen LogP) is 4.52. The Labute approximate surface area is 124 Å². The van der Waals surface area contributed by atoms with Gasteiger partial charge in [0.15, 0.2) is 0 Å². The highest BCUT2D eigenvalue weighted by molar-refractivity contribution is 5.89. The van der Waals surface area contributed by atoms with E-state index in [1.165, 1.54) is 10.9 Å². The minimum atomic E-state index is 0.432. The molecule has 0 unspecified atom stereocenters. The van der Waals surface area contributed by atoms with Crippen molar-refractivity contribution < 1.29 is 0 Å². The summed E-state index contributed by atoms with van der Waals surface area (Å²) in [6, 6.07) is 25.0. The molecule has 0 aliphatic rings. The molecule has 0 aliphatic heterocycles. The second-order valence-corrected chi connectivity index (χ2v) is 5.03. The van der Waals surface area contributed by atoms with Crippen LogP contribution in [0, 0.1) is 11.3 Å². The molecule has 0 amide bonds. The molecule has 3 rings (SSSR count). The minimum Gasteiger partial charge on any atom is -0.381 e. The number of hydrogen-bond donors (Lipinski definition) is 1. The molecule has 3 aromatic rings. The highest BCUT2D eigenvalue weighted by atomic mass is 14.9. The smallest absolute Gasteiger partial charge is 0.0669 e. The molecule has 0 aliphatic carbocycles. The van der Waals surface area contributed by atoms with E-state index in [2.05, 4.69) is 47.8 Å². The summed E-state index contributed by atoms with van der Waals surface area (Å²) in [5, 5.41) is 14.8. The zero-order chi connectivity index (χ0) is 14.5. The number of nitrogens with zero attached hydrogens (tertiary/aromatic N) is 1. The monoisotopic (exact) mass is 272 g/mol. The van der Waals surface area contributed by atoms with Crippen molar-refractivity contribution in [2.45, 2.75) is 13.0 Å². The summed E-state index contributed by atoms with van der Waals surface area (Å²) < 4.78 is 0. The van der Waals surface area contributed by atoms with Gasteiger partial charge in [-0.05, 0) is 34.0 Å². The lowest BCUT2D eigenvalue weighted by Crippen LogP contribution is -2.00. The number of rotatable bonds is 4. The molecule has 1 N–H and O–H groups in total. The number of nitrogens with one attached hydrogen (secondary N) is 1. The second-order valence-electron chi connectivity index (χ2n) is 5.03. The van der Waals surface area contributed by atoms with E-state index in [1.807, 2.05) is 30.3 Å². The molecule has 0 fully saturated rings. The normalized spacial score (nSPS) is 10.2. The second kappa shape index (κ2) is 6.11. The van der Waals surface area contributed by atoms with Crippen molar-refractivity contribution >= 4 is 16.5 Å². The van der Waals surface area contributed by atoms with Crippen molar-refractivity contribution in [1.29, 1.82) is 5.26 Å². The molecule has 21 heavy (non-hydrogen) atoms. The van der Waals surface area contributed by atoms with Crippen LogP contribution in [0.1, 0.15) is 11.1 Å². The van der Waals surface area contributed by atoms with E-state index in [0.29, 0.717) is 6.42 Å². The Kier molecular flexibility index (Phi) is 3.84. The third kappa shape index (κ3) is 3.04. The molecule has 3 aromatic carbocycles. The lowest BCUT2D eigenvalue weighted by atomic mass is 10.0. The van der Waals surface area contributed by atoms with Gasteiger partial charge in [0.1, 0.15) is 0 Å². The Hall–Kier alpha value is -2.79. The lowest BCUT2D eigenvalue weighted by Gasteiger charge is -2.11. The van der Waals surface area contributed by atoms with Crippen LogP contribution in [0.25, 0.3) is 10.8 Å². The van der Waals surface area contributed by atoms with E-state index in [4.69, 9.17) is 5.26 Å². The first kappa shape index (κ1) is 13.2. The van der Waals surface area contributed by atoms with E-state index in [0.717, 1.165) is 23.2 Å². The molecular formula is C19H16N2. The van der Waals surface area contributed by atoms with Crippen LogP contribution in [0.2, 0.25) is 0 Å². The quantitative estimate of drug-likeness (QED) is 0.758. The van der Waals surface area contributed by atoms with Crippen LogP contribution < -0.4 is 5.32 Å². The van der Waals surface area contributed by atoms with Crippen molar-refractivity contribution in [1.82, 2.24) is 0 Å². The Morgan fingerprint density at radius 1 is 0.905 bits per heavy atom. The first-order chi connectivity index (χ1) is 10.4. The molecule has 0 saturated carbocycles.